The van der Waals surface area contributed by atoms with Gasteiger partial charge in [-0.2, -0.15) is 0 Å². The summed E-state index contributed by atoms with van der Waals surface area (Å²) in [6.45, 7) is 10.0. The van der Waals surface area contributed by atoms with Crippen molar-refractivity contribution < 1.29 is 19.1 Å². The van der Waals surface area contributed by atoms with Crippen molar-refractivity contribution in [3.05, 3.63) is 35.9 Å². The first-order chi connectivity index (χ1) is 14.2. The van der Waals surface area contributed by atoms with Gasteiger partial charge in [0.25, 0.3) is 0 Å². The van der Waals surface area contributed by atoms with Gasteiger partial charge in [0.1, 0.15) is 5.60 Å². The van der Waals surface area contributed by atoms with Crippen LogP contribution in [-0.2, 0) is 9.47 Å². The van der Waals surface area contributed by atoms with Gasteiger partial charge in [-0.1, -0.05) is 30.3 Å². The average molecular weight is 418 g/mol. The van der Waals surface area contributed by atoms with E-state index >= 15 is 0 Å². The van der Waals surface area contributed by atoms with Crippen LogP contribution < -0.4 is 0 Å². The molecule has 3 amide bonds. The van der Waals surface area contributed by atoms with Crippen LogP contribution in [0.1, 0.15) is 52.1 Å². The van der Waals surface area contributed by atoms with Crippen molar-refractivity contribution in [1.29, 1.82) is 0 Å². The second-order valence-corrected chi connectivity index (χ2v) is 9.27. The molecule has 2 atom stereocenters. The number of piperidine rings is 1. The molecule has 0 spiro atoms. The minimum Gasteiger partial charge on any atom is -0.444 e. The van der Waals surface area contributed by atoms with E-state index in [9.17, 15) is 9.59 Å². The van der Waals surface area contributed by atoms with Crippen molar-refractivity contribution in [2.45, 2.75) is 64.3 Å². The summed E-state index contributed by atoms with van der Waals surface area (Å²) in [4.78, 5) is 31.5. The molecule has 30 heavy (non-hydrogen) atoms. The summed E-state index contributed by atoms with van der Waals surface area (Å²) >= 11 is 0. The summed E-state index contributed by atoms with van der Waals surface area (Å²) in [5.41, 5.74) is 0.641. The number of ether oxygens (including phenoxy) is 2. The maximum absolute atomic E-state index is 13.4. The van der Waals surface area contributed by atoms with E-state index in [1.54, 1.807) is 12.0 Å². The molecule has 2 saturated heterocycles. The van der Waals surface area contributed by atoms with Gasteiger partial charge in [-0.05, 0) is 46.1 Å². The van der Waals surface area contributed by atoms with Gasteiger partial charge in [-0.25, -0.2) is 9.59 Å². The summed E-state index contributed by atoms with van der Waals surface area (Å²) in [5, 5.41) is 0. The third kappa shape index (κ3) is 5.06. The molecule has 1 aromatic rings. The van der Waals surface area contributed by atoms with Gasteiger partial charge in [-0.15, -0.1) is 0 Å². The Morgan fingerprint density at radius 3 is 2.37 bits per heavy atom. The van der Waals surface area contributed by atoms with Crippen molar-refractivity contribution in [2.75, 3.05) is 33.4 Å². The highest BCUT2D eigenvalue weighted by Crippen LogP contribution is 2.35. The summed E-state index contributed by atoms with van der Waals surface area (Å²) in [7, 11) is 1.66. The number of hydrogen-bond donors (Lipinski definition) is 0. The van der Waals surface area contributed by atoms with E-state index in [4.69, 9.17) is 9.47 Å². The summed E-state index contributed by atoms with van der Waals surface area (Å²) in [6, 6.07) is 10.4. The number of carbonyl (C=O) groups excluding carboxylic acids is 2. The standard InChI is InChI=1S/C23H35N3O4/c1-17(16-29-5)25-15-20(18-9-7-6-8-10-18)26(21(25)27)19-11-13-24(14-12-19)22(28)30-23(2,3)4/h6-10,17,19-20H,11-16H2,1-5H3/t17-,20-/m1/s1. The fourth-order valence-electron chi connectivity index (χ4n) is 4.34. The Morgan fingerprint density at radius 2 is 1.80 bits per heavy atom. The van der Waals surface area contributed by atoms with E-state index in [2.05, 4.69) is 12.1 Å². The fraction of sp³-hybridized carbons (Fsp3) is 0.652. The number of urea groups is 1. The largest absolute Gasteiger partial charge is 0.444 e. The van der Waals surface area contributed by atoms with Gasteiger partial charge in [-0.3, -0.25) is 0 Å². The molecule has 7 nitrogen and oxygen atoms in total. The zero-order chi connectivity index (χ0) is 21.9. The smallest absolute Gasteiger partial charge is 0.410 e. The highest BCUT2D eigenvalue weighted by Gasteiger charge is 2.44. The molecule has 0 radical (unpaired) electrons. The van der Waals surface area contributed by atoms with Crippen LogP contribution >= 0.6 is 0 Å². The Kier molecular flexibility index (Phi) is 6.91. The van der Waals surface area contributed by atoms with E-state index in [0.29, 0.717) is 26.2 Å². The highest BCUT2D eigenvalue weighted by atomic mass is 16.6. The molecule has 0 aliphatic carbocycles. The van der Waals surface area contributed by atoms with Crippen LogP contribution in [0.3, 0.4) is 0 Å². The second kappa shape index (κ2) is 9.25. The van der Waals surface area contributed by atoms with Crippen molar-refractivity contribution >= 4 is 12.1 Å². The quantitative estimate of drug-likeness (QED) is 0.729. The van der Waals surface area contributed by atoms with Crippen LogP contribution in [0.15, 0.2) is 30.3 Å². The lowest BCUT2D eigenvalue weighted by atomic mass is 9.99. The van der Waals surface area contributed by atoms with Crippen molar-refractivity contribution in [1.82, 2.24) is 14.7 Å². The molecule has 166 valence electrons. The van der Waals surface area contributed by atoms with Gasteiger partial charge in [0.05, 0.1) is 18.7 Å². The molecular formula is C23H35N3O4. The number of hydrogen-bond acceptors (Lipinski definition) is 4. The topological polar surface area (TPSA) is 62.3 Å². The monoisotopic (exact) mass is 417 g/mol. The molecule has 0 aromatic heterocycles. The summed E-state index contributed by atoms with van der Waals surface area (Å²) in [5.74, 6) is 0. The lowest BCUT2D eigenvalue weighted by Crippen LogP contribution is -2.50. The third-order valence-corrected chi connectivity index (χ3v) is 5.81. The number of benzene rings is 1. The van der Waals surface area contributed by atoms with Crippen molar-refractivity contribution in [2.24, 2.45) is 0 Å². The number of nitrogens with zero attached hydrogens (tertiary/aromatic N) is 3. The molecule has 0 saturated carbocycles. The molecule has 1 aromatic carbocycles. The third-order valence-electron chi connectivity index (χ3n) is 5.81. The van der Waals surface area contributed by atoms with Crippen LogP contribution in [0.5, 0.6) is 0 Å². The number of rotatable bonds is 5. The first-order valence-corrected chi connectivity index (χ1v) is 10.8. The molecule has 0 unspecified atom stereocenters. The van der Waals surface area contributed by atoms with Crippen LogP contribution in [-0.4, -0.2) is 77.9 Å². The number of methoxy groups -OCH3 is 1. The molecule has 3 rings (SSSR count). The first kappa shape index (κ1) is 22.4. The normalized spacial score (nSPS) is 21.8. The van der Waals surface area contributed by atoms with E-state index in [-0.39, 0.29) is 30.2 Å². The predicted octanol–water partition coefficient (Wildman–Crippen LogP) is 3.90. The Labute approximate surface area is 179 Å². The van der Waals surface area contributed by atoms with Gasteiger partial charge >= 0.3 is 12.1 Å². The zero-order valence-electron chi connectivity index (χ0n) is 18.8. The molecule has 0 bridgehead atoms. The SMILES string of the molecule is COC[C@@H](C)N1C[C@H](c2ccccc2)N(C2CCN(C(=O)OC(C)(C)C)CC2)C1=O. The first-order valence-electron chi connectivity index (χ1n) is 10.8. The zero-order valence-corrected chi connectivity index (χ0v) is 18.8. The Morgan fingerprint density at radius 1 is 1.17 bits per heavy atom. The van der Waals surface area contributed by atoms with Crippen molar-refractivity contribution in [3.63, 3.8) is 0 Å². The van der Waals surface area contributed by atoms with Gasteiger partial charge in [0.15, 0.2) is 0 Å². The molecule has 2 aliphatic heterocycles. The van der Waals surface area contributed by atoms with E-state index in [1.165, 1.54) is 0 Å². The van der Waals surface area contributed by atoms with E-state index in [0.717, 1.165) is 18.4 Å². The minimum atomic E-state index is -0.505. The average Bonchev–Trinajstić information content (AvgIpc) is 3.05. The summed E-state index contributed by atoms with van der Waals surface area (Å²) in [6.07, 6.45) is 1.23. The maximum Gasteiger partial charge on any atom is 0.410 e. The molecule has 2 fully saturated rings. The van der Waals surface area contributed by atoms with Crippen LogP contribution in [0, 0.1) is 0 Å². The minimum absolute atomic E-state index is 0.0103. The summed E-state index contributed by atoms with van der Waals surface area (Å²) < 4.78 is 10.8. The fourth-order valence-corrected chi connectivity index (χ4v) is 4.34. The highest BCUT2D eigenvalue weighted by molar-refractivity contribution is 5.78. The lowest BCUT2D eigenvalue weighted by molar-refractivity contribution is 0.0157. The molecule has 2 aliphatic rings. The van der Waals surface area contributed by atoms with E-state index < -0.39 is 5.60 Å². The van der Waals surface area contributed by atoms with Gasteiger partial charge in [0.2, 0.25) is 0 Å². The molecule has 0 N–H and O–H groups in total. The van der Waals surface area contributed by atoms with Gasteiger partial charge < -0.3 is 24.2 Å². The molecule has 2 heterocycles. The second-order valence-electron chi connectivity index (χ2n) is 9.27. The van der Waals surface area contributed by atoms with E-state index in [1.807, 2.05) is 55.7 Å². The predicted molar refractivity (Wildman–Crippen MR) is 115 cm³/mol. The lowest BCUT2D eigenvalue weighted by Gasteiger charge is -2.39. The van der Waals surface area contributed by atoms with Crippen LogP contribution in [0.25, 0.3) is 0 Å². The maximum atomic E-state index is 13.4. The Balaban J connectivity index is 1.73. The molecule has 7 heteroatoms. The molecular weight excluding hydrogens is 382 g/mol. The van der Waals surface area contributed by atoms with Gasteiger partial charge in [0, 0.05) is 32.8 Å². The van der Waals surface area contributed by atoms with Crippen LogP contribution in [0.2, 0.25) is 0 Å². The Bertz CT molecular complexity index is 726. The number of amides is 3. The van der Waals surface area contributed by atoms with Crippen LogP contribution in [0.4, 0.5) is 9.59 Å². The number of likely N-dealkylation sites (tertiary alicyclic amines) is 1. The Hall–Kier alpha value is -2.28. The van der Waals surface area contributed by atoms with Crippen molar-refractivity contribution in [3.8, 4) is 0 Å². The number of carbonyl (C=O) groups is 2.